The van der Waals surface area contributed by atoms with Gasteiger partial charge in [0.15, 0.2) is 0 Å². The summed E-state index contributed by atoms with van der Waals surface area (Å²) < 4.78 is 34.7. The number of oxime groups is 1. The van der Waals surface area contributed by atoms with Crippen LogP contribution in [-0.2, 0) is 24.3 Å². The summed E-state index contributed by atoms with van der Waals surface area (Å²) in [5.41, 5.74) is 10.7. The molecule has 0 radical (unpaired) electrons. The molecule has 13 heteroatoms. The van der Waals surface area contributed by atoms with Gasteiger partial charge in [-0.05, 0) is 0 Å². The Labute approximate surface area is 125 Å². The smallest absolute Gasteiger partial charge is 0.394 e. The van der Waals surface area contributed by atoms with Gasteiger partial charge in [0.05, 0.1) is 12.3 Å². The van der Waals surface area contributed by atoms with E-state index >= 15 is 0 Å². The predicted molar refractivity (Wildman–Crippen MR) is 70.4 cm³/mol. The second-order valence-electron chi connectivity index (χ2n) is 4.61. The fraction of sp³-hybridized carbons (Fsp3) is 0.667. The molecule has 0 unspecified atom stereocenters. The Morgan fingerprint density at radius 3 is 2.73 bits per heavy atom. The summed E-state index contributed by atoms with van der Waals surface area (Å²) >= 11 is 0. The van der Waals surface area contributed by atoms with E-state index in [0.717, 1.165) is 4.90 Å². The van der Waals surface area contributed by atoms with Crippen LogP contribution in [0.15, 0.2) is 5.16 Å². The van der Waals surface area contributed by atoms with Crippen molar-refractivity contribution in [1.82, 2.24) is 9.96 Å². The fourth-order valence-electron chi connectivity index (χ4n) is 2.26. The minimum absolute atomic E-state index is 0.0400. The first-order valence-corrected chi connectivity index (χ1v) is 7.56. The summed E-state index contributed by atoms with van der Waals surface area (Å²) in [5.74, 6) is -0.785. The summed E-state index contributed by atoms with van der Waals surface area (Å²) in [5, 5.41) is 4.17. The zero-order chi connectivity index (χ0) is 16.5. The lowest BCUT2D eigenvalue weighted by atomic mass is 9.98. The Hall–Kier alpha value is -1.96. The molecule has 0 spiro atoms. The zero-order valence-corrected chi connectivity index (χ0v) is 12.1. The van der Waals surface area contributed by atoms with Crippen molar-refractivity contribution in [3.63, 3.8) is 0 Å². The largest absolute Gasteiger partial charge is 0.418 e. The van der Waals surface area contributed by atoms with Crippen molar-refractivity contribution in [2.75, 3.05) is 19.7 Å². The number of piperidine rings is 1. The first-order chi connectivity index (χ1) is 10.2. The Morgan fingerprint density at radius 2 is 2.18 bits per heavy atom. The molecule has 2 rings (SSSR count). The lowest BCUT2D eigenvalue weighted by Crippen LogP contribution is -2.51. The molecule has 0 aromatic carbocycles. The number of fused-ring (bicyclic) bond motifs is 2. The van der Waals surface area contributed by atoms with Gasteiger partial charge in [0.2, 0.25) is 5.91 Å². The summed E-state index contributed by atoms with van der Waals surface area (Å²) in [6.45, 7) is 0.206. The molecule has 0 aliphatic carbocycles. The van der Waals surface area contributed by atoms with Gasteiger partial charge >= 0.3 is 16.4 Å². The molecule has 2 saturated heterocycles. The topological polar surface area (TPSA) is 178 Å². The molecule has 3 amide bonds. The summed E-state index contributed by atoms with van der Waals surface area (Å²) in [4.78, 5) is 29.5. The van der Waals surface area contributed by atoms with Crippen LogP contribution in [0.5, 0.6) is 0 Å². The lowest BCUT2D eigenvalue weighted by Gasteiger charge is -2.28. The molecule has 0 aromatic heterocycles. The van der Waals surface area contributed by atoms with E-state index in [4.69, 9.17) is 20.9 Å². The number of amides is 3. The van der Waals surface area contributed by atoms with Gasteiger partial charge in [0, 0.05) is 13.0 Å². The van der Waals surface area contributed by atoms with E-state index < -0.39 is 34.4 Å². The molecule has 2 heterocycles. The molecule has 2 aliphatic rings. The molecule has 2 bridgehead atoms. The summed E-state index contributed by atoms with van der Waals surface area (Å²) in [6.07, 6.45) is -0.0400. The molecular formula is C9H15N5O7S. The van der Waals surface area contributed by atoms with Gasteiger partial charge in [-0.25, -0.2) is 4.79 Å². The average Bonchev–Trinajstić information content (AvgIpc) is 2.66. The number of nitrogens with zero attached hydrogens (tertiary/aromatic N) is 3. The number of primary amides is 1. The van der Waals surface area contributed by atoms with Gasteiger partial charge < -0.3 is 21.2 Å². The van der Waals surface area contributed by atoms with E-state index in [1.54, 1.807) is 0 Å². The third-order valence-electron chi connectivity index (χ3n) is 3.14. The standard InChI is InChI=1S/C9H15N5O7S/c10-1-2-20-12-5-3-6(8(11)15)13-4-7(5)14(9(13)16)21-22(17,18)19/h6-7H,1-4,10H2,(H2,11,15)(H,17,18,19)/t6-,7-/m0/s1. The van der Waals surface area contributed by atoms with Crippen molar-refractivity contribution in [2.24, 2.45) is 16.6 Å². The highest BCUT2D eigenvalue weighted by atomic mass is 32.3. The van der Waals surface area contributed by atoms with Gasteiger partial charge in [-0.1, -0.05) is 5.16 Å². The van der Waals surface area contributed by atoms with Crippen molar-refractivity contribution >= 4 is 28.0 Å². The Bertz CT molecular complexity index is 605. The van der Waals surface area contributed by atoms with Crippen LogP contribution in [0.2, 0.25) is 0 Å². The molecule has 22 heavy (non-hydrogen) atoms. The second-order valence-corrected chi connectivity index (χ2v) is 5.61. The number of hydrogen-bond acceptors (Lipinski definition) is 8. The van der Waals surface area contributed by atoms with E-state index in [2.05, 4.69) is 9.44 Å². The minimum Gasteiger partial charge on any atom is -0.394 e. The third-order valence-corrected chi connectivity index (χ3v) is 3.49. The van der Waals surface area contributed by atoms with Crippen LogP contribution in [0, 0.1) is 0 Å². The van der Waals surface area contributed by atoms with Gasteiger partial charge in [0.25, 0.3) is 0 Å². The van der Waals surface area contributed by atoms with Gasteiger partial charge in [-0.15, -0.1) is 4.28 Å². The van der Waals surface area contributed by atoms with E-state index in [1.807, 2.05) is 0 Å². The molecule has 2 atom stereocenters. The maximum absolute atomic E-state index is 12.1. The summed E-state index contributed by atoms with van der Waals surface area (Å²) in [7, 11) is -4.92. The zero-order valence-electron chi connectivity index (χ0n) is 11.3. The van der Waals surface area contributed by atoms with Crippen LogP contribution < -0.4 is 11.5 Å². The minimum atomic E-state index is -4.92. The monoisotopic (exact) mass is 337 g/mol. The number of hydrogen-bond donors (Lipinski definition) is 3. The van der Waals surface area contributed by atoms with Crippen LogP contribution in [0.25, 0.3) is 0 Å². The normalized spacial score (nSPS) is 26.6. The van der Waals surface area contributed by atoms with Crippen molar-refractivity contribution < 1.29 is 31.7 Å². The number of urea groups is 1. The molecule has 124 valence electrons. The van der Waals surface area contributed by atoms with Crippen molar-refractivity contribution in [1.29, 1.82) is 0 Å². The maximum atomic E-state index is 12.1. The molecule has 0 aromatic rings. The Morgan fingerprint density at radius 1 is 1.50 bits per heavy atom. The SMILES string of the molecule is NCCON=C1C[C@@H](C(N)=O)N2C[C@@H]1N(OS(=O)(=O)O)C2=O. The number of hydroxylamine groups is 2. The Kier molecular flexibility index (Phi) is 4.50. The van der Waals surface area contributed by atoms with Crippen LogP contribution in [0.4, 0.5) is 4.79 Å². The molecule has 2 fully saturated rings. The number of carbonyl (C=O) groups excluding carboxylic acids is 2. The lowest BCUT2D eigenvalue weighted by molar-refractivity contribution is -0.122. The predicted octanol–water partition coefficient (Wildman–Crippen LogP) is -2.58. The number of nitrogens with two attached hydrogens (primary N) is 2. The van der Waals surface area contributed by atoms with Crippen molar-refractivity contribution in [3.05, 3.63) is 0 Å². The first kappa shape index (κ1) is 16.4. The number of carbonyl (C=O) groups is 2. The second kappa shape index (κ2) is 6.04. The molecule has 2 aliphatic heterocycles. The van der Waals surface area contributed by atoms with Gasteiger partial charge in [-0.2, -0.15) is 13.5 Å². The van der Waals surface area contributed by atoms with Gasteiger partial charge in [-0.3, -0.25) is 9.35 Å². The van der Waals surface area contributed by atoms with Crippen LogP contribution in [0.3, 0.4) is 0 Å². The van der Waals surface area contributed by atoms with Crippen LogP contribution in [0.1, 0.15) is 6.42 Å². The van der Waals surface area contributed by atoms with E-state index in [-0.39, 0.29) is 31.8 Å². The highest BCUT2D eigenvalue weighted by Crippen LogP contribution is 2.29. The molecule has 5 N–H and O–H groups in total. The fourth-order valence-corrected chi connectivity index (χ4v) is 2.63. The van der Waals surface area contributed by atoms with Gasteiger partial charge in [0.1, 0.15) is 18.7 Å². The van der Waals surface area contributed by atoms with Crippen LogP contribution >= 0.6 is 0 Å². The van der Waals surface area contributed by atoms with Crippen molar-refractivity contribution in [3.8, 4) is 0 Å². The number of rotatable bonds is 6. The highest BCUT2D eigenvalue weighted by Gasteiger charge is 2.52. The van der Waals surface area contributed by atoms with Crippen LogP contribution in [-0.4, -0.2) is 72.4 Å². The third kappa shape index (κ3) is 3.27. The van der Waals surface area contributed by atoms with E-state index in [9.17, 15) is 18.0 Å². The van der Waals surface area contributed by atoms with Crippen molar-refractivity contribution in [2.45, 2.75) is 18.5 Å². The molecule has 12 nitrogen and oxygen atoms in total. The maximum Gasteiger partial charge on any atom is 0.418 e. The van der Waals surface area contributed by atoms with E-state index in [0.29, 0.717) is 5.06 Å². The molecule has 0 saturated carbocycles. The molecular weight excluding hydrogens is 322 g/mol. The highest BCUT2D eigenvalue weighted by molar-refractivity contribution is 7.80. The first-order valence-electron chi connectivity index (χ1n) is 6.19. The van der Waals surface area contributed by atoms with E-state index in [1.165, 1.54) is 0 Å². The quantitative estimate of drug-likeness (QED) is 0.268. The Balaban J connectivity index is 2.30. The summed E-state index contributed by atoms with van der Waals surface area (Å²) in [6, 6.07) is -2.86. The average molecular weight is 337 g/mol.